The number of phenolic OH excluding ortho intramolecular Hbond substituents is 1. The number of phenols is 1. The number of allylic oxidation sites excluding steroid dienone is 2. The lowest BCUT2D eigenvalue weighted by molar-refractivity contribution is -0.138. The largest absolute Gasteiger partial charge is 0.508 e. The van der Waals surface area contributed by atoms with E-state index >= 15 is 0 Å². The van der Waals surface area contributed by atoms with Crippen LogP contribution in [0.25, 0.3) is 0 Å². The highest BCUT2D eigenvalue weighted by molar-refractivity contribution is 6.30. The maximum atomic E-state index is 13.2. The fraction of sp³-hybridized carbons (Fsp3) is 0.364. The minimum Gasteiger partial charge on any atom is -0.508 e. The summed E-state index contributed by atoms with van der Waals surface area (Å²) in [6.45, 7) is 0. The van der Waals surface area contributed by atoms with Gasteiger partial charge in [0.2, 0.25) is 23.6 Å². The average Bonchev–Trinajstić information content (AvgIpc) is 3.18. The summed E-state index contributed by atoms with van der Waals surface area (Å²) in [7, 11) is 0. The first kappa shape index (κ1) is 22.1. The van der Waals surface area contributed by atoms with Crippen LogP contribution in [0.1, 0.15) is 24.3 Å². The first-order valence-electron chi connectivity index (χ1n) is 10.6. The van der Waals surface area contributed by atoms with Gasteiger partial charge in [0, 0.05) is 16.5 Å². The Kier molecular flexibility index (Phi) is 4.80. The molecule has 0 unspecified atom stereocenters. The van der Waals surface area contributed by atoms with Crippen LogP contribution in [0.3, 0.4) is 0 Å². The van der Waals surface area contributed by atoms with Crippen LogP contribution in [-0.4, -0.2) is 50.6 Å². The summed E-state index contributed by atoms with van der Waals surface area (Å²) in [5.74, 6) is -8.83. The normalized spacial score (nSPS) is 32.3. The van der Waals surface area contributed by atoms with E-state index in [1.807, 2.05) is 0 Å². The third kappa shape index (κ3) is 2.82. The molecule has 6 atom stereocenters. The number of carbonyl (C=O) groups is 6. The highest BCUT2D eigenvalue weighted by Crippen LogP contribution is 2.58. The molecule has 0 spiro atoms. The van der Waals surface area contributed by atoms with Crippen LogP contribution in [0.2, 0.25) is 5.02 Å². The first-order chi connectivity index (χ1) is 16.0. The highest BCUT2D eigenvalue weighted by atomic mass is 35.5. The summed E-state index contributed by atoms with van der Waals surface area (Å²) in [5, 5.41) is 10.9. The van der Waals surface area contributed by atoms with Crippen molar-refractivity contribution in [2.75, 3.05) is 0 Å². The van der Waals surface area contributed by atoms with Crippen molar-refractivity contribution in [2.24, 2.45) is 41.1 Å². The second kappa shape index (κ2) is 7.39. The number of aromatic hydroxyl groups is 1. The summed E-state index contributed by atoms with van der Waals surface area (Å²) in [4.78, 5) is 76.6. The Bertz CT molecular complexity index is 1240. The number of hydrogen-bond donors (Lipinski definition) is 3. The number of urea groups is 2. The number of halogens is 1. The Morgan fingerprint density at radius 3 is 2.09 bits per heavy atom. The van der Waals surface area contributed by atoms with Gasteiger partial charge in [-0.15, -0.1) is 0 Å². The van der Waals surface area contributed by atoms with Crippen LogP contribution >= 0.6 is 11.6 Å². The van der Waals surface area contributed by atoms with Crippen LogP contribution in [-0.2, 0) is 19.2 Å². The van der Waals surface area contributed by atoms with Gasteiger partial charge in [-0.25, -0.2) is 9.59 Å². The van der Waals surface area contributed by atoms with Crippen molar-refractivity contribution in [3.05, 3.63) is 40.4 Å². The van der Waals surface area contributed by atoms with Gasteiger partial charge >= 0.3 is 12.1 Å². The topological polar surface area (TPSA) is 181 Å². The second-order valence-corrected chi connectivity index (χ2v) is 9.36. The van der Waals surface area contributed by atoms with E-state index in [1.54, 1.807) is 6.08 Å². The molecule has 5 rings (SSSR count). The highest BCUT2D eigenvalue weighted by Gasteiger charge is 2.63. The summed E-state index contributed by atoms with van der Waals surface area (Å²) >= 11 is 6.16. The third-order valence-corrected chi connectivity index (χ3v) is 7.65. The molecule has 2 aliphatic carbocycles. The van der Waals surface area contributed by atoms with E-state index in [0.717, 1.165) is 0 Å². The van der Waals surface area contributed by atoms with Gasteiger partial charge in [0.1, 0.15) is 5.75 Å². The van der Waals surface area contributed by atoms with Crippen molar-refractivity contribution in [3.63, 3.8) is 0 Å². The molecule has 1 saturated carbocycles. The number of fused-ring (bicyclic) bond motifs is 4. The quantitative estimate of drug-likeness (QED) is 0.388. The minimum atomic E-state index is -1.22. The number of carbonyl (C=O) groups excluding carboxylic acids is 6. The Hall–Kier alpha value is -3.73. The van der Waals surface area contributed by atoms with Gasteiger partial charge in [0.05, 0.1) is 23.7 Å². The van der Waals surface area contributed by atoms with Crippen LogP contribution < -0.4 is 11.5 Å². The number of nitrogens with zero attached hydrogens (tertiary/aromatic N) is 2. The van der Waals surface area contributed by atoms with E-state index in [2.05, 4.69) is 0 Å². The lowest BCUT2D eigenvalue weighted by Crippen LogP contribution is -2.44. The van der Waals surface area contributed by atoms with Gasteiger partial charge in [-0.05, 0) is 37.0 Å². The number of hydrogen-bond acceptors (Lipinski definition) is 7. The van der Waals surface area contributed by atoms with Crippen molar-refractivity contribution >= 4 is 47.3 Å². The van der Waals surface area contributed by atoms with Gasteiger partial charge in [0.25, 0.3) is 0 Å². The number of amides is 8. The third-order valence-electron chi connectivity index (χ3n) is 7.41. The Balaban J connectivity index is 1.68. The summed E-state index contributed by atoms with van der Waals surface area (Å²) in [5.41, 5.74) is 11.4. The second-order valence-electron chi connectivity index (χ2n) is 8.93. The van der Waals surface area contributed by atoms with Crippen molar-refractivity contribution in [1.29, 1.82) is 0 Å². The maximum Gasteiger partial charge on any atom is 0.328 e. The van der Waals surface area contributed by atoms with E-state index in [0.29, 0.717) is 15.4 Å². The molecule has 176 valence electrons. The average molecular weight is 487 g/mol. The molecule has 0 aromatic heterocycles. The van der Waals surface area contributed by atoms with E-state index in [4.69, 9.17) is 23.1 Å². The van der Waals surface area contributed by atoms with Gasteiger partial charge in [-0.1, -0.05) is 23.3 Å². The number of imide groups is 6. The summed E-state index contributed by atoms with van der Waals surface area (Å²) < 4.78 is 0. The van der Waals surface area contributed by atoms with Gasteiger partial charge in [-0.3, -0.25) is 19.2 Å². The van der Waals surface area contributed by atoms with E-state index in [-0.39, 0.29) is 29.2 Å². The molecular formula is C22H19ClN4O7. The minimum absolute atomic E-state index is 0.0184. The van der Waals surface area contributed by atoms with Crippen molar-refractivity contribution in [3.8, 4) is 5.75 Å². The number of likely N-dealkylation sites (tertiary alicyclic amines) is 2. The zero-order valence-corrected chi connectivity index (χ0v) is 18.3. The summed E-state index contributed by atoms with van der Waals surface area (Å²) in [6, 6.07) is 1.84. The molecule has 34 heavy (non-hydrogen) atoms. The van der Waals surface area contributed by atoms with Gasteiger partial charge in [0.15, 0.2) is 0 Å². The molecule has 1 aromatic carbocycles. The number of rotatable bonds is 1. The van der Waals surface area contributed by atoms with Crippen LogP contribution in [0.15, 0.2) is 29.8 Å². The molecule has 2 heterocycles. The fourth-order valence-electron chi connectivity index (χ4n) is 6.15. The molecular weight excluding hydrogens is 468 g/mol. The van der Waals surface area contributed by atoms with E-state index in [9.17, 15) is 33.9 Å². The number of primary amides is 2. The zero-order chi connectivity index (χ0) is 24.6. The molecule has 0 bridgehead atoms. The molecule has 2 saturated heterocycles. The van der Waals surface area contributed by atoms with Crippen LogP contribution in [0, 0.1) is 29.6 Å². The fourth-order valence-corrected chi connectivity index (χ4v) is 6.33. The van der Waals surface area contributed by atoms with Crippen LogP contribution in [0.4, 0.5) is 9.59 Å². The van der Waals surface area contributed by atoms with E-state index < -0.39 is 71.2 Å². The number of benzene rings is 1. The van der Waals surface area contributed by atoms with Crippen LogP contribution in [0.5, 0.6) is 5.75 Å². The SMILES string of the molecule is NC(=O)N1C(=O)[C@H]2[C@H](CC=C3[C@H]2C[C@H]2C(=O)N(C(N)=O)C(=O)[C@H]2[C@H]3c2cc(Cl)ccc2O)C1=O. The Morgan fingerprint density at radius 2 is 1.47 bits per heavy atom. The molecule has 11 nitrogen and oxygen atoms in total. The zero-order valence-electron chi connectivity index (χ0n) is 17.5. The lowest BCUT2D eigenvalue weighted by atomic mass is 9.57. The monoisotopic (exact) mass is 486 g/mol. The van der Waals surface area contributed by atoms with Crippen molar-refractivity contribution < 1.29 is 33.9 Å². The molecule has 1 aromatic rings. The number of nitrogens with two attached hydrogens (primary N) is 2. The molecule has 12 heteroatoms. The molecule has 3 fully saturated rings. The smallest absolute Gasteiger partial charge is 0.328 e. The molecule has 0 radical (unpaired) electrons. The molecule has 8 amide bonds. The van der Waals surface area contributed by atoms with Gasteiger partial charge < -0.3 is 16.6 Å². The molecule has 2 aliphatic heterocycles. The predicted octanol–water partition coefficient (Wildman–Crippen LogP) is 0.839. The predicted molar refractivity (Wildman–Crippen MR) is 113 cm³/mol. The maximum absolute atomic E-state index is 13.2. The van der Waals surface area contributed by atoms with Crippen molar-refractivity contribution in [2.45, 2.75) is 18.8 Å². The van der Waals surface area contributed by atoms with E-state index in [1.165, 1.54) is 18.2 Å². The standard InChI is InChI=1S/C22H19ClN4O7/c23-7-1-4-13(28)11(5-7)14-8-2-3-9-15(19(31)26(17(9)29)21(24)33)10(8)6-12-16(14)20(32)27(18(12)30)22(25)34/h1-2,4-5,9-10,12,14-16,28H,3,6H2,(H2,24,33)(H2,25,34)/t9-,10+,12+,14+,15-,16+/m0/s1. The first-order valence-corrected chi connectivity index (χ1v) is 10.9. The lowest BCUT2D eigenvalue weighted by Gasteiger charge is -2.44. The van der Waals surface area contributed by atoms with Crippen molar-refractivity contribution in [1.82, 2.24) is 9.80 Å². The Labute approximate surface area is 197 Å². The molecule has 4 aliphatic rings. The molecule has 5 N–H and O–H groups in total. The van der Waals surface area contributed by atoms with Gasteiger partial charge in [-0.2, -0.15) is 9.80 Å². The summed E-state index contributed by atoms with van der Waals surface area (Å²) in [6.07, 6.45) is 1.78. The Morgan fingerprint density at radius 1 is 0.882 bits per heavy atom.